The Morgan fingerprint density at radius 2 is 2.00 bits per heavy atom. The molecular formula is C18H29N5O2S. The number of amides is 3. The Hall–Kier alpha value is -1.67. The minimum absolute atomic E-state index is 0.156. The first-order valence-corrected chi connectivity index (χ1v) is 10.5. The van der Waals surface area contributed by atoms with Crippen molar-refractivity contribution in [3.8, 4) is 0 Å². The SMILES string of the molecule is CCN(CC)C(=O)CN1CCc2nc(NC(=O)NC3CCCC3)sc2C1. The minimum Gasteiger partial charge on any atom is -0.342 e. The van der Waals surface area contributed by atoms with E-state index in [-0.39, 0.29) is 11.9 Å². The predicted octanol–water partition coefficient (Wildman–Crippen LogP) is 2.43. The normalized spacial score (nSPS) is 17.8. The van der Waals surface area contributed by atoms with Crippen LogP contribution in [0.4, 0.5) is 9.93 Å². The first kappa shape index (κ1) is 19.1. The van der Waals surface area contributed by atoms with Gasteiger partial charge in [-0.25, -0.2) is 9.78 Å². The lowest BCUT2D eigenvalue weighted by Gasteiger charge is -2.28. The molecule has 0 radical (unpaired) electrons. The zero-order valence-electron chi connectivity index (χ0n) is 15.7. The zero-order valence-corrected chi connectivity index (χ0v) is 16.5. The summed E-state index contributed by atoms with van der Waals surface area (Å²) in [5.41, 5.74) is 1.05. The van der Waals surface area contributed by atoms with E-state index in [4.69, 9.17) is 0 Å². The number of hydrogen-bond donors (Lipinski definition) is 2. The van der Waals surface area contributed by atoms with Crippen LogP contribution in [0.15, 0.2) is 0 Å². The van der Waals surface area contributed by atoms with E-state index in [1.54, 1.807) is 0 Å². The highest BCUT2D eigenvalue weighted by Crippen LogP contribution is 2.28. The average Bonchev–Trinajstić information content (AvgIpc) is 3.24. The van der Waals surface area contributed by atoms with E-state index in [1.807, 2.05) is 18.7 Å². The summed E-state index contributed by atoms with van der Waals surface area (Å²) >= 11 is 1.52. The summed E-state index contributed by atoms with van der Waals surface area (Å²) in [6.07, 6.45) is 5.34. The zero-order chi connectivity index (χ0) is 18.5. The van der Waals surface area contributed by atoms with Crippen LogP contribution in [0.25, 0.3) is 0 Å². The largest absolute Gasteiger partial charge is 0.342 e. The molecule has 1 aromatic heterocycles. The number of thiazole rings is 1. The van der Waals surface area contributed by atoms with Gasteiger partial charge in [0.05, 0.1) is 12.2 Å². The number of carbonyl (C=O) groups excluding carboxylic acids is 2. The summed E-state index contributed by atoms with van der Waals surface area (Å²) in [5.74, 6) is 0.178. The van der Waals surface area contributed by atoms with Crippen molar-refractivity contribution in [3.63, 3.8) is 0 Å². The molecule has 0 saturated heterocycles. The molecule has 7 nitrogen and oxygen atoms in total. The molecule has 1 aliphatic carbocycles. The number of fused-ring (bicyclic) bond motifs is 1. The maximum atomic E-state index is 12.3. The maximum absolute atomic E-state index is 12.3. The molecule has 1 saturated carbocycles. The lowest BCUT2D eigenvalue weighted by atomic mass is 10.2. The fourth-order valence-electron chi connectivity index (χ4n) is 3.69. The van der Waals surface area contributed by atoms with Crippen LogP contribution in [-0.4, -0.2) is 58.9 Å². The number of carbonyl (C=O) groups is 2. The van der Waals surface area contributed by atoms with Crippen LogP contribution in [0.3, 0.4) is 0 Å². The third-order valence-corrected chi connectivity index (χ3v) is 6.19. The van der Waals surface area contributed by atoms with Gasteiger partial charge in [-0.3, -0.25) is 15.0 Å². The van der Waals surface area contributed by atoms with Crippen molar-refractivity contribution in [2.75, 3.05) is 31.5 Å². The van der Waals surface area contributed by atoms with Crippen LogP contribution in [0.1, 0.15) is 50.1 Å². The predicted molar refractivity (Wildman–Crippen MR) is 103 cm³/mol. The van der Waals surface area contributed by atoms with Crippen LogP contribution in [0.5, 0.6) is 0 Å². The molecule has 26 heavy (non-hydrogen) atoms. The lowest BCUT2D eigenvalue weighted by Crippen LogP contribution is -2.41. The van der Waals surface area contributed by atoms with Crippen molar-refractivity contribution in [1.29, 1.82) is 0 Å². The van der Waals surface area contributed by atoms with Crippen molar-refractivity contribution in [2.24, 2.45) is 0 Å². The monoisotopic (exact) mass is 379 g/mol. The van der Waals surface area contributed by atoms with Crippen molar-refractivity contribution >= 4 is 28.4 Å². The van der Waals surface area contributed by atoms with Gasteiger partial charge in [0.1, 0.15) is 0 Å². The van der Waals surface area contributed by atoms with E-state index in [1.165, 1.54) is 24.2 Å². The van der Waals surface area contributed by atoms with Crippen LogP contribution in [0.2, 0.25) is 0 Å². The quantitative estimate of drug-likeness (QED) is 0.796. The molecule has 3 amide bonds. The molecule has 0 bridgehead atoms. The Morgan fingerprint density at radius 3 is 2.69 bits per heavy atom. The molecule has 3 rings (SSSR count). The van der Waals surface area contributed by atoms with Gasteiger partial charge in [-0.1, -0.05) is 12.8 Å². The fourth-order valence-corrected chi connectivity index (χ4v) is 4.74. The smallest absolute Gasteiger partial charge is 0.321 e. The molecule has 1 aliphatic heterocycles. The third-order valence-electron chi connectivity index (χ3n) is 5.20. The second-order valence-electron chi connectivity index (χ2n) is 7.00. The topological polar surface area (TPSA) is 77.6 Å². The molecule has 1 aromatic rings. The Bertz CT molecular complexity index is 638. The molecule has 0 atom stereocenters. The van der Waals surface area contributed by atoms with Crippen LogP contribution < -0.4 is 10.6 Å². The molecule has 1 fully saturated rings. The van der Waals surface area contributed by atoms with E-state index in [0.29, 0.717) is 17.7 Å². The Kier molecular flexibility index (Phi) is 6.48. The second kappa shape index (κ2) is 8.81. The highest BCUT2D eigenvalue weighted by molar-refractivity contribution is 7.15. The molecule has 2 heterocycles. The number of likely N-dealkylation sites (N-methyl/N-ethyl adjacent to an activating group) is 1. The van der Waals surface area contributed by atoms with E-state index in [9.17, 15) is 9.59 Å². The molecule has 0 spiro atoms. The minimum atomic E-state index is -0.156. The van der Waals surface area contributed by atoms with Crippen LogP contribution >= 0.6 is 11.3 Å². The summed E-state index contributed by atoms with van der Waals surface area (Å²) in [5, 5.41) is 6.56. The second-order valence-corrected chi connectivity index (χ2v) is 8.08. The van der Waals surface area contributed by atoms with Gasteiger partial charge in [-0.15, -0.1) is 11.3 Å². The van der Waals surface area contributed by atoms with Crippen LogP contribution in [0, 0.1) is 0 Å². The van der Waals surface area contributed by atoms with Gasteiger partial charge in [0.2, 0.25) is 5.91 Å². The van der Waals surface area contributed by atoms with Crippen molar-refractivity contribution in [1.82, 2.24) is 20.1 Å². The lowest BCUT2D eigenvalue weighted by molar-refractivity contribution is -0.132. The maximum Gasteiger partial charge on any atom is 0.321 e. The van der Waals surface area contributed by atoms with Gasteiger partial charge in [-0.2, -0.15) is 0 Å². The van der Waals surface area contributed by atoms with E-state index in [2.05, 4.69) is 20.5 Å². The Labute approximate surface area is 159 Å². The summed E-state index contributed by atoms with van der Waals surface area (Å²) in [6.45, 7) is 7.52. The number of nitrogens with one attached hydrogen (secondary N) is 2. The van der Waals surface area contributed by atoms with Gasteiger partial charge >= 0.3 is 6.03 Å². The fraction of sp³-hybridized carbons (Fsp3) is 0.722. The molecule has 0 unspecified atom stereocenters. The van der Waals surface area contributed by atoms with Gasteiger partial charge in [0, 0.05) is 43.5 Å². The molecule has 8 heteroatoms. The highest BCUT2D eigenvalue weighted by Gasteiger charge is 2.24. The van der Waals surface area contributed by atoms with Crippen molar-refractivity contribution < 1.29 is 9.59 Å². The summed E-state index contributed by atoms with van der Waals surface area (Å²) in [6, 6.07) is 0.141. The Balaban J connectivity index is 1.53. The van der Waals surface area contributed by atoms with E-state index >= 15 is 0 Å². The van der Waals surface area contributed by atoms with Gasteiger partial charge < -0.3 is 10.2 Å². The summed E-state index contributed by atoms with van der Waals surface area (Å²) in [7, 11) is 0. The molecule has 0 aromatic carbocycles. The van der Waals surface area contributed by atoms with Gasteiger partial charge in [0.15, 0.2) is 5.13 Å². The standard InChI is InChI=1S/C18H29N5O2S/c1-3-23(4-2)16(24)12-22-10-9-14-15(11-22)26-18(20-14)21-17(25)19-13-7-5-6-8-13/h13H,3-12H2,1-2H3,(H2,19,20,21,25). The van der Waals surface area contributed by atoms with E-state index < -0.39 is 0 Å². The van der Waals surface area contributed by atoms with Crippen molar-refractivity contribution in [3.05, 3.63) is 10.6 Å². The first-order chi connectivity index (χ1) is 12.6. The molecule has 2 aliphatic rings. The number of urea groups is 1. The van der Waals surface area contributed by atoms with Gasteiger partial charge in [-0.05, 0) is 26.7 Å². The number of rotatable bonds is 6. The van der Waals surface area contributed by atoms with Crippen molar-refractivity contribution in [2.45, 2.75) is 58.5 Å². The van der Waals surface area contributed by atoms with Gasteiger partial charge in [0.25, 0.3) is 0 Å². The number of aromatic nitrogens is 1. The number of hydrogen-bond acceptors (Lipinski definition) is 5. The number of anilines is 1. The molecular weight excluding hydrogens is 350 g/mol. The summed E-state index contributed by atoms with van der Waals surface area (Å²) < 4.78 is 0. The Morgan fingerprint density at radius 1 is 1.27 bits per heavy atom. The first-order valence-electron chi connectivity index (χ1n) is 9.65. The van der Waals surface area contributed by atoms with Crippen LogP contribution in [-0.2, 0) is 17.8 Å². The average molecular weight is 380 g/mol. The highest BCUT2D eigenvalue weighted by atomic mass is 32.1. The number of nitrogens with zero attached hydrogens (tertiary/aromatic N) is 3. The third kappa shape index (κ3) is 4.73. The summed E-state index contributed by atoms with van der Waals surface area (Å²) in [4.78, 5) is 34.2. The van der Waals surface area contributed by atoms with E-state index in [0.717, 1.165) is 56.0 Å². The molecule has 144 valence electrons. The molecule has 2 N–H and O–H groups in total.